The molecule has 0 heterocycles. The van der Waals surface area contributed by atoms with E-state index < -0.39 is 26.5 Å². The van der Waals surface area contributed by atoms with E-state index in [0.717, 1.165) is 96.3 Å². The topological polar surface area (TPSA) is 108 Å². The number of esters is 2. The maximum Gasteiger partial charge on any atom is 0.472 e. The van der Waals surface area contributed by atoms with E-state index in [1.165, 1.54) is 167 Å². The first kappa shape index (κ1) is 77.2. The Morgan fingerprint density at radius 1 is 0.400 bits per heavy atom. The highest BCUT2D eigenvalue weighted by Crippen LogP contribution is 2.43. The maximum atomic E-state index is 12.8. The zero-order valence-electron chi connectivity index (χ0n) is 52.8. The van der Waals surface area contributed by atoms with Gasteiger partial charge in [-0.2, -0.15) is 0 Å². The lowest BCUT2D eigenvalue weighted by Gasteiger charge is -2.24. The molecular weight excluding hydrogens is 1010 g/mol. The summed E-state index contributed by atoms with van der Waals surface area (Å²) in [5, 5.41) is 0. The molecule has 1 N–H and O–H groups in total. The molecule has 0 saturated carbocycles. The normalized spacial score (nSPS) is 13.7. The summed E-state index contributed by atoms with van der Waals surface area (Å²) in [4.78, 5) is 35.8. The molecule has 0 spiro atoms. The van der Waals surface area contributed by atoms with Crippen LogP contribution in [0.15, 0.2) is 85.1 Å². The van der Waals surface area contributed by atoms with Gasteiger partial charge >= 0.3 is 19.8 Å². The summed E-state index contributed by atoms with van der Waals surface area (Å²) in [6.45, 7) is 4.31. The smallest absolute Gasteiger partial charge is 0.462 e. The summed E-state index contributed by atoms with van der Waals surface area (Å²) < 4.78 is 34.6. The van der Waals surface area contributed by atoms with Gasteiger partial charge in [-0.15, -0.1) is 0 Å². The van der Waals surface area contributed by atoms with Crippen LogP contribution in [0.25, 0.3) is 0 Å². The van der Waals surface area contributed by atoms with Gasteiger partial charge in [-0.25, -0.2) is 4.57 Å². The number of carbonyl (C=O) groups is 2. The van der Waals surface area contributed by atoms with Gasteiger partial charge in [-0.1, -0.05) is 279 Å². The molecule has 80 heavy (non-hydrogen) atoms. The van der Waals surface area contributed by atoms with Crippen LogP contribution in [0, 0.1) is 0 Å². The number of phosphoric ester groups is 1. The molecule has 10 heteroatoms. The fourth-order valence-electron chi connectivity index (χ4n) is 9.31. The monoisotopic (exact) mass is 1140 g/mol. The number of hydrogen-bond acceptors (Lipinski definition) is 7. The van der Waals surface area contributed by atoms with Crippen molar-refractivity contribution >= 4 is 19.8 Å². The minimum absolute atomic E-state index is 0.0265. The van der Waals surface area contributed by atoms with Gasteiger partial charge in [0.2, 0.25) is 0 Å². The Kier molecular flexibility index (Phi) is 58.6. The number of carbonyl (C=O) groups excluding carboxylic acids is 2. The van der Waals surface area contributed by atoms with Crippen molar-refractivity contribution in [3.8, 4) is 0 Å². The molecule has 0 aliphatic carbocycles. The Hall–Kier alpha value is -2.81. The third-order valence-corrected chi connectivity index (χ3v) is 15.4. The number of likely N-dealkylation sites (N-methyl/N-ethyl adjacent to an activating group) is 1. The Labute approximate surface area is 494 Å². The SMILES string of the molecule is CC/C=C\C/C=C\C/C=C\C/C=C\CCCCCCCCC(=O)OC(COC(=O)CCCCCCCCCCCCCCCCCCCCCCCC/C=C\C/C=C\C/C=C\CCCCCCC)COP(=O)(O)OCC[N+](C)(C)C. The standard InChI is InChI=1S/C70H126NO8P/c1-6-8-10-12-14-16-18-20-22-24-26-27-28-29-30-31-32-33-34-35-36-37-38-39-40-41-42-43-45-46-48-50-52-54-56-58-60-62-69(72)76-66-68(67-78-80(74,75)77-65-64-71(3,4)5)79-70(73)63-61-59-57-55-53-51-49-47-44-25-23-21-19-17-15-13-11-9-7-2/h9,11,15,17-18,20-21,23-24,26,28-29,44,47,68H,6-8,10,12-14,16,19,22,25,27,30-43,45-46,48-67H2,1-5H3/p+1/b11-9-,17-15-,20-18-,23-21-,26-24-,29-28-,47-44-. The van der Waals surface area contributed by atoms with Crippen LogP contribution in [-0.2, 0) is 32.7 Å². The van der Waals surface area contributed by atoms with Crippen LogP contribution >= 0.6 is 7.82 Å². The van der Waals surface area contributed by atoms with Crippen molar-refractivity contribution in [3.05, 3.63) is 85.1 Å². The molecule has 0 aromatic carbocycles. The fraction of sp³-hybridized carbons (Fsp3) is 0.771. The number of hydrogen-bond donors (Lipinski definition) is 1. The van der Waals surface area contributed by atoms with E-state index in [-0.39, 0.29) is 32.0 Å². The predicted octanol–water partition coefficient (Wildman–Crippen LogP) is 21.4. The Bertz CT molecular complexity index is 1630. The summed E-state index contributed by atoms with van der Waals surface area (Å²) in [6, 6.07) is 0. The van der Waals surface area contributed by atoms with Gasteiger partial charge in [0.05, 0.1) is 27.7 Å². The second-order valence-corrected chi connectivity index (χ2v) is 24.9. The predicted molar refractivity (Wildman–Crippen MR) is 344 cm³/mol. The van der Waals surface area contributed by atoms with Crippen molar-refractivity contribution in [1.29, 1.82) is 0 Å². The molecule has 0 aliphatic rings. The average Bonchev–Trinajstić information content (AvgIpc) is 3.42. The first-order chi connectivity index (χ1) is 39.0. The van der Waals surface area contributed by atoms with Crippen LogP contribution in [0.3, 0.4) is 0 Å². The molecular formula is C70H127NO8P+. The van der Waals surface area contributed by atoms with Gasteiger partial charge in [0.25, 0.3) is 0 Å². The number of phosphoric acid groups is 1. The quantitative estimate of drug-likeness (QED) is 0.0211. The van der Waals surface area contributed by atoms with Crippen molar-refractivity contribution in [2.75, 3.05) is 47.5 Å². The Morgan fingerprint density at radius 3 is 1.06 bits per heavy atom. The summed E-state index contributed by atoms with van der Waals surface area (Å²) in [7, 11) is 1.47. The van der Waals surface area contributed by atoms with Crippen LogP contribution in [-0.4, -0.2) is 74.9 Å². The first-order valence-electron chi connectivity index (χ1n) is 33.3. The molecule has 0 aromatic rings. The Morgan fingerprint density at radius 2 is 0.713 bits per heavy atom. The van der Waals surface area contributed by atoms with E-state index in [9.17, 15) is 19.0 Å². The second kappa shape index (κ2) is 60.8. The highest BCUT2D eigenvalue weighted by atomic mass is 31.2. The lowest BCUT2D eigenvalue weighted by Crippen LogP contribution is -2.37. The zero-order valence-corrected chi connectivity index (χ0v) is 53.7. The highest BCUT2D eigenvalue weighted by molar-refractivity contribution is 7.47. The Balaban J connectivity index is 3.98. The molecule has 0 amide bonds. The van der Waals surface area contributed by atoms with Gasteiger partial charge in [0, 0.05) is 12.8 Å². The van der Waals surface area contributed by atoms with E-state index >= 15 is 0 Å². The molecule has 0 bridgehead atoms. The maximum absolute atomic E-state index is 12.8. The molecule has 0 aliphatic heterocycles. The highest BCUT2D eigenvalue weighted by Gasteiger charge is 2.27. The van der Waals surface area contributed by atoms with Crippen molar-refractivity contribution in [3.63, 3.8) is 0 Å². The van der Waals surface area contributed by atoms with Gasteiger partial charge in [0.1, 0.15) is 19.8 Å². The first-order valence-corrected chi connectivity index (χ1v) is 34.8. The van der Waals surface area contributed by atoms with E-state index in [4.69, 9.17) is 18.5 Å². The van der Waals surface area contributed by atoms with Crippen molar-refractivity contribution in [1.82, 2.24) is 0 Å². The largest absolute Gasteiger partial charge is 0.472 e. The zero-order chi connectivity index (χ0) is 58.4. The van der Waals surface area contributed by atoms with Crippen molar-refractivity contribution < 1.29 is 42.1 Å². The number of unbranched alkanes of at least 4 members (excludes halogenated alkanes) is 33. The van der Waals surface area contributed by atoms with Crippen LogP contribution in [0.1, 0.15) is 296 Å². The lowest BCUT2D eigenvalue weighted by molar-refractivity contribution is -0.870. The van der Waals surface area contributed by atoms with Crippen LogP contribution < -0.4 is 0 Å². The lowest BCUT2D eigenvalue weighted by atomic mass is 10.0. The van der Waals surface area contributed by atoms with Gasteiger partial charge in [0.15, 0.2) is 6.10 Å². The summed E-state index contributed by atoms with van der Waals surface area (Å²) in [5.74, 6) is -0.807. The number of quaternary nitrogens is 1. The number of rotatable bonds is 61. The molecule has 0 aromatic heterocycles. The third kappa shape index (κ3) is 64.4. The summed E-state index contributed by atoms with van der Waals surface area (Å²) in [5.41, 5.74) is 0. The van der Waals surface area contributed by atoms with Crippen LogP contribution in [0.5, 0.6) is 0 Å². The minimum atomic E-state index is -4.40. The molecule has 2 unspecified atom stereocenters. The van der Waals surface area contributed by atoms with Crippen molar-refractivity contribution in [2.45, 2.75) is 302 Å². The fourth-order valence-corrected chi connectivity index (χ4v) is 10.1. The molecule has 0 saturated heterocycles. The molecule has 0 rings (SSSR count). The number of nitrogens with zero attached hydrogens (tertiary/aromatic N) is 1. The van der Waals surface area contributed by atoms with Gasteiger partial charge in [-0.3, -0.25) is 18.6 Å². The molecule has 2 atom stereocenters. The van der Waals surface area contributed by atoms with E-state index in [1.807, 2.05) is 21.1 Å². The number of allylic oxidation sites excluding steroid dienone is 14. The van der Waals surface area contributed by atoms with Crippen molar-refractivity contribution in [2.24, 2.45) is 0 Å². The summed E-state index contributed by atoms with van der Waals surface area (Å²) in [6.07, 6.45) is 82.6. The minimum Gasteiger partial charge on any atom is -0.462 e. The van der Waals surface area contributed by atoms with Gasteiger partial charge in [-0.05, 0) is 89.9 Å². The molecule has 9 nitrogen and oxygen atoms in total. The molecule has 0 radical (unpaired) electrons. The van der Waals surface area contributed by atoms with Gasteiger partial charge < -0.3 is 18.9 Å². The average molecular weight is 1140 g/mol. The molecule has 464 valence electrons. The third-order valence-electron chi connectivity index (χ3n) is 14.4. The van der Waals surface area contributed by atoms with Crippen LogP contribution in [0.4, 0.5) is 0 Å². The summed E-state index contributed by atoms with van der Waals surface area (Å²) >= 11 is 0. The van der Waals surface area contributed by atoms with E-state index in [1.54, 1.807) is 0 Å². The molecule has 0 fully saturated rings. The van der Waals surface area contributed by atoms with E-state index in [0.29, 0.717) is 17.4 Å². The van der Waals surface area contributed by atoms with E-state index in [2.05, 4.69) is 98.9 Å². The number of ether oxygens (including phenoxy) is 2. The second-order valence-electron chi connectivity index (χ2n) is 23.5. The van der Waals surface area contributed by atoms with Crippen LogP contribution in [0.2, 0.25) is 0 Å².